The maximum atomic E-state index is 11.6. The molecule has 1 aromatic rings. The molecule has 0 radical (unpaired) electrons. The van der Waals surface area contributed by atoms with Crippen LogP contribution < -0.4 is 15.4 Å². The summed E-state index contributed by atoms with van der Waals surface area (Å²) in [6.45, 7) is 2.79. The molecule has 0 bridgehead atoms. The van der Waals surface area contributed by atoms with Gasteiger partial charge in [-0.3, -0.25) is 10.1 Å². The predicted octanol–water partition coefficient (Wildman–Crippen LogP) is 1.41. The highest BCUT2D eigenvalue weighted by molar-refractivity contribution is 6.31. The van der Waals surface area contributed by atoms with Gasteiger partial charge in [0.2, 0.25) is 0 Å². The molecule has 2 N–H and O–H groups in total. The molecule has 0 fully saturated rings. The number of hydrogen-bond donors (Lipinski definition) is 2. The van der Waals surface area contributed by atoms with Crippen LogP contribution >= 0.6 is 11.6 Å². The molecular formula is C14H17ClN2O5. The maximum Gasteiger partial charge on any atom is 0.344 e. The number of carbonyl (C=O) groups excluding carboxylic acids is 3. The van der Waals surface area contributed by atoms with Gasteiger partial charge in [-0.1, -0.05) is 11.6 Å². The molecule has 120 valence electrons. The first-order chi connectivity index (χ1) is 10.3. The first-order valence-corrected chi connectivity index (χ1v) is 6.82. The summed E-state index contributed by atoms with van der Waals surface area (Å²) >= 11 is 5.88. The van der Waals surface area contributed by atoms with E-state index < -0.39 is 24.0 Å². The number of esters is 1. The van der Waals surface area contributed by atoms with E-state index in [2.05, 4.69) is 5.32 Å². The lowest BCUT2D eigenvalue weighted by molar-refractivity contribution is -0.156. The van der Waals surface area contributed by atoms with Crippen LogP contribution in [0.5, 0.6) is 5.75 Å². The van der Waals surface area contributed by atoms with Crippen LogP contribution in [-0.4, -0.2) is 37.7 Å². The summed E-state index contributed by atoms with van der Waals surface area (Å²) in [6.07, 6.45) is -1.11. The number of benzene rings is 1. The van der Waals surface area contributed by atoms with E-state index in [4.69, 9.17) is 21.1 Å². The molecule has 3 amide bonds. The molecular weight excluding hydrogens is 312 g/mol. The summed E-state index contributed by atoms with van der Waals surface area (Å²) in [5.41, 5.74) is 0.811. The second-order valence-electron chi connectivity index (χ2n) is 4.40. The van der Waals surface area contributed by atoms with Gasteiger partial charge in [-0.2, -0.15) is 0 Å². The summed E-state index contributed by atoms with van der Waals surface area (Å²) in [7, 11) is 1.36. The van der Waals surface area contributed by atoms with Gasteiger partial charge in [0.25, 0.3) is 5.91 Å². The molecule has 0 aliphatic heterocycles. The average Bonchev–Trinajstić information content (AvgIpc) is 2.48. The van der Waals surface area contributed by atoms with Gasteiger partial charge in [0, 0.05) is 12.1 Å². The lowest BCUT2D eigenvalue weighted by atomic mass is 10.2. The van der Waals surface area contributed by atoms with Crippen LogP contribution in [0.25, 0.3) is 0 Å². The largest absolute Gasteiger partial charge is 0.482 e. The van der Waals surface area contributed by atoms with Gasteiger partial charge >= 0.3 is 12.0 Å². The van der Waals surface area contributed by atoms with Gasteiger partial charge in [0.05, 0.1) is 0 Å². The second kappa shape index (κ2) is 8.23. The van der Waals surface area contributed by atoms with E-state index in [0.29, 0.717) is 10.8 Å². The SMILES string of the molecule is CNC(=O)NC(=O)[C@H](C)OC(=O)COc1ccc(Cl)c(C)c1. The van der Waals surface area contributed by atoms with Crippen LogP contribution in [-0.2, 0) is 14.3 Å². The highest BCUT2D eigenvalue weighted by Gasteiger charge is 2.19. The molecule has 1 atom stereocenters. The number of urea groups is 1. The predicted molar refractivity (Wildman–Crippen MR) is 79.8 cm³/mol. The summed E-state index contributed by atoms with van der Waals surface area (Å²) in [5, 5.41) is 4.81. The van der Waals surface area contributed by atoms with Crippen molar-refractivity contribution in [2.24, 2.45) is 0 Å². The minimum Gasteiger partial charge on any atom is -0.482 e. The first kappa shape index (κ1) is 17.8. The minimum atomic E-state index is -1.11. The molecule has 8 heteroatoms. The Balaban J connectivity index is 2.43. The molecule has 0 unspecified atom stereocenters. The van der Waals surface area contributed by atoms with Gasteiger partial charge in [-0.25, -0.2) is 9.59 Å². The molecule has 0 saturated carbocycles. The number of halogens is 1. The van der Waals surface area contributed by atoms with Crippen molar-refractivity contribution in [1.82, 2.24) is 10.6 Å². The van der Waals surface area contributed by atoms with Crippen LogP contribution in [0.3, 0.4) is 0 Å². The Kier molecular flexibility index (Phi) is 6.65. The smallest absolute Gasteiger partial charge is 0.344 e. The van der Waals surface area contributed by atoms with Crippen molar-refractivity contribution in [2.45, 2.75) is 20.0 Å². The van der Waals surface area contributed by atoms with E-state index in [1.165, 1.54) is 14.0 Å². The van der Waals surface area contributed by atoms with Crippen molar-refractivity contribution in [3.05, 3.63) is 28.8 Å². The fourth-order valence-electron chi connectivity index (χ4n) is 1.41. The van der Waals surface area contributed by atoms with Gasteiger partial charge in [-0.15, -0.1) is 0 Å². The molecule has 1 aromatic carbocycles. The van der Waals surface area contributed by atoms with Crippen molar-refractivity contribution < 1.29 is 23.9 Å². The van der Waals surface area contributed by atoms with Crippen molar-refractivity contribution in [1.29, 1.82) is 0 Å². The average molecular weight is 329 g/mol. The highest BCUT2D eigenvalue weighted by atomic mass is 35.5. The highest BCUT2D eigenvalue weighted by Crippen LogP contribution is 2.20. The third-order valence-electron chi connectivity index (χ3n) is 2.63. The molecule has 0 heterocycles. The lowest BCUT2D eigenvalue weighted by Gasteiger charge is -2.13. The van der Waals surface area contributed by atoms with E-state index in [1.54, 1.807) is 25.1 Å². The Labute approximate surface area is 132 Å². The van der Waals surface area contributed by atoms with E-state index in [1.807, 2.05) is 5.32 Å². The Morgan fingerprint density at radius 2 is 2.00 bits per heavy atom. The molecule has 0 aromatic heterocycles. The second-order valence-corrected chi connectivity index (χ2v) is 4.81. The summed E-state index contributed by atoms with van der Waals surface area (Å²) < 4.78 is 10.1. The number of hydrogen-bond acceptors (Lipinski definition) is 5. The Morgan fingerprint density at radius 3 is 2.59 bits per heavy atom. The topological polar surface area (TPSA) is 93.7 Å². The number of nitrogens with one attached hydrogen (secondary N) is 2. The molecule has 22 heavy (non-hydrogen) atoms. The third-order valence-corrected chi connectivity index (χ3v) is 3.05. The third kappa shape index (κ3) is 5.61. The van der Waals surface area contributed by atoms with Crippen LogP contribution in [0.2, 0.25) is 5.02 Å². The molecule has 0 saturated heterocycles. The molecule has 0 aliphatic carbocycles. The van der Waals surface area contributed by atoms with Crippen LogP contribution in [0.1, 0.15) is 12.5 Å². The maximum absolute atomic E-state index is 11.6. The zero-order valence-corrected chi connectivity index (χ0v) is 13.2. The molecule has 0 spiro atoms. The van der Waals surface area contributed by atoms with Gasteiger partial charge < -0.3 is 14.8 Å². The Bertz CT molecular complexity index is 576. The molecule has 1 rings (SSSR count). The zero-order chi connectivity index (χ0) is 16.7. The van der Waals surface area contributed by atoms with E-state index >= 15 is 0 Å². The normalized spacial score (nSPS) is 11.3. The van der Waals surface area contributed by atoms with Crippen LogP contribution in [0.4, 0.5) is 4.79 Å². The van der Waals surface area contributed by atoms with E-state index in [-0.39, 0.29) is 6.61 Å². The number of amides is 3. The molecule has 7 nitrogen and oxygen atoms in total. The monoisotopic (exact) mass is 328 g/mol. The fraction of sp³-hybridized carbons (Fsp3) is 0.357. The standard InChI is InChI=1S/C14H17ClN2O5/c1-8-6-10(4-5-11(8)15)21-7-12(18)22-9(2)13(19)17-14(20)16-3/h4-6,9H,7H2,1-3H3,(H2,16,17,19,20)/t9-/m0/s1. The molecule has 0 aliphatic rings. The lowest BCUT2D eigenvalue weighted by Crippen LogP contribution is -2.43. The van der Waals surface area contributed by atoms with Crippen molar-refractivity contribution in [2.75, 3.05) is 13.7 Å². The van der Waals surface area contributed by atoms with Crippen molar-refractivity contribution >= 4 is 29.5 Å². The number of carbonyl (C=O) groups is 3. The van der Waals surface area contributed by atoms with E-state index in [9.17, 15) is 14.4 Å². The van der Waals surface area contributed by atoms with Gasteiger partial charge in [-0.05, 0) is 37.6 Å². The summed E-state index contributed by atoms with van der Waals surface area (Å²) in [5.74, 6) is -0.997. The first-order valence-electron chi connectivity index (χ1n) is 6.44. The number of ether oxygens (including phenoxy) is 2. The van der Waals surface area contributed by atoms with Gasteiger partial charge in [0.1, 0.15) is 5.75 Å². The Hall–Kier alpha value is -2.28. The number of imide groups is 1. The van der Waals surface area contributed by atoms with Crippen molar-refractivity contribution in [3.63, 3.8) is 0 Å². The van der Waals surface area contributed by atoms with Gasteiger partial charge in [0.15, 0.2) is 12.7 Å². The fourth-order valence-corrected chi connectivity index (χ4v) is 1.53. The van der Waals surface area contributed by atoms with Crippen molar-refractivity contribution in [3.8, 4) is 5.75 Å². The van der Waals surface area contributed by atoms with Crippen LogP contribution in [0, 0.1) is 6.92 Å². The van der Waals surface area contributed by atoms with E-state index in [0.717, 1.165) is 5.56 Å². The Morgan fingerprint density at radius 1 is 1.32 bits per heavy atom. The quantitative estimate of drug-likeness (QED) is 0.797. The number of aryl methyl sites for hydroxylation is 1. The van der Waals surface area contributed by atoms with Crippen LogP contribution in [0.15, 0.2) is 18.2 Å². The number of rotatable bonds is 5. The summed E-state index contributed by atoms with van der Waals surface area (Å²) in [4.78, 5) is 34.0. The zero-order valence-electron chi connectivity index (χ0n) is 12.4. The minimum absolute atomic E-state index is 0.362. The summed E-state index contributed by atoms with van der Waals surface area (Å²) in [6, 6.07) is 4.26.